The second-order valence-corrected chi connectivity index (χ2v) is 9.52. The van der Waals surface area contributed by atoms with Crippen LogP contribution in [0.1, 0.15) is 35.7 Å². The Balaban J connectivity index is 1.59. The highest BCUT2D eigenvalue weighted by Gasteiger charge is 2.46. The first kappa shape index (κ1) is 25.8. The predicted molar refractivity (Wildman–Crippen MR) is 133 cm³/mol. The lowest BCUT2D eigenvalue weighted by Gasteiger charge is -2.35. The molecule has 4 rings (SSSR count). The molecule has 0 bridgehead atoms. The van der Waals surface area contributed by atoms with Gasteiger partial charge in [0.25, 0.3) is 11.8 Å². The maximum Gasteiger partial charge on any atom is 0.254 e. The van der Waals surface area contributed by atoms with Crippen LogP contribution >= 0.6 is 23.2 Å². The summed E-state index contributed by atoms with van der Waals surface area (Å²) in [5.41, 5.74) is 1.63. The van der Waals surface area contributed by atoms with Gasteiger partial charge in [-0.15, -0.1) is 0 Å². The summed E-state index contributed by atoms with van der Waals surface area (Å²) < 4.78 is 42.4. The largest absolute Gasteiger partial charge is 0.349 e. The molecule has 1 heterocycles. The number of carbonyl (C=O) groups is 2. The zero-order valence-electron chi connectivity index (χ0n) is 19.3. The molecule has 0 unspecified atom stereocenters. The highest BCUT2D eigenvalue weighted by molar-refractivity contribution is 6.39. The minimum absolute atomic E-state index is 0.134. The zero-order valence-corrected chi connectivity index (χ0v) is 20.8. The first-order valence-electron chi connectivity index (χ1n) is 10.9. The SMILES string of the molecule is C=C(C)C(=O)NCc1ccc(Cl)c(Nc2nc3cc(C(=O)NC4CC(F)(F)C4)c(F)cc3n2C)c1Cl. The van der Waals surface area contributed by atoms with Crippen LogP contribution in [0.3, 0.4) is 0 Å². The lowest BCUT2D eigenvalue weighted by atomic mass is 9.88. The van der Waals surface area contributed by atoms with Crippen LogP contribution in [0.5, 0.6) is 0 Å². The number of hydrogen-bond donors (Lipinski definition) is 3. The molecule has 0 aliphatic heterocycles. The molecule has 1 aliphatic rings. The van der Waals surface area contributed by atoms with E-state index in [1.165, 1.54) is 6.07 Å². The Labute approximate surface area is 214 Å². The maximum atomic E-state index is 14.7. The van der Waals surface area contributed by atoms with Crippen LogP contribution in [-0.4, -0.2) is 33.3 Å². The summed E-state index contributed by atoms with van der Waals surface area (Å²) in [5.74, 6) is -4.47. The van der Waals surface area contributed by atoms with Gasteiger partial charge in [0.2, 0.25) is 11.9 Å². The molecule has 12 heteroatoms. The Kier molecular flexibility index (Phi) is 6.94. The van der Waals surface area contributed by atoms with Crippen molar-refractivity contribution in [3.8, 4) is 0 Å². The number of amides is 2. The average molecular weight is 540 g/mol. The third-order valence-corrected chi connectivity index (χ3v) is 6.62. The summed E-state index contributed by atoms with van der Waals surface area (Å²) in [6.07, 6.45) is -0.949. The summed E-state index contributed by atoms with van der Waals surface area (Å²) in [6.45, 7) is 5.31. The summed E-state index contributed by atoms with van der Waals surface area (Å²) in [4.78, 5) is 28.7. The highest BCUT2D eigenvalue weighted by Crippen LogP contribution is 2.38. The fourth-order valence-electron chi connectivity index (χ4n) is 3.81. The van der Waals surface area contributed by atoms with Crippen molar-refractivity contribution in [2.45, 2.75) is 38.3 Å². The molecule has 1 aliphatic carbocycles. The van der Waals surface area contributed by atoms with Gasteiger partial charge in [0.15, 0.2) is 0 Å². The van der Waals surface area contributed by atoms with Crippen LogP contribution in [0.4, 0.5) is 24.8 Å². The van der Waals surface area contributed by atoms with E-state index in [2.05, 4.69) is 27.5 Å². The number of nitrogens with zero attached hydrogens (tertiary/aromatic N) is 2. The van der Waals surface area contributed by atoms with E-state index in [4.69, 9.17) is 23.2 Å². The van der Waals surface area contributed by atoms with Gasteiger partial charge < -0.3 is 20.5 Å². The number of fused-ring (bicyclic) bond motifs is 1. The van der Waals surface area contributed by atoms with Gasteiger partial charge in [-0.2, -0.15) is 0 Å². The number of alkyl halides is 2. The lowest BCUT2D eigenvalue weighted by molar-refractivity contribution is -0.117. The molecule has 1 saturated carbocycles. The van der Waals surface area contributed by atoms with Crippen molar-refractivity contribution in [3.05, 3.63) is 63.4 Å². The van der Waals surface area contributed by atoms with Crippen molar-refractivity contribution < 1.29 is 22.8 Å². The monoisotopic (exact) mass is 539 g/mol. The van der Waals surface area contributed by atoms with Gasteiger partial charge in [0.1, 0.15) is 5.82 Å². The van der Waals surface area contributed by atoms with Crippen molar-refractivity contribution >= 4 is 57.7 Å². The molecular weight excluding hydrogens is 518 g/mol. The number of halogens is 5. The van der Waals surface area contributed by atoms with E-state index >= 15 is 0 Å². The Morgan fingerprint density at radius 2 is 1.94 bits per heavy atom. The van der Waals surface area contributed by atoms with Gasteiger partial charge in [0, 0.05) is 44.1 Å². The van der Waals surface area contributed by atoms with Gasteiger partial charge in [-0.3, -0.25) is 9.59 Å². The summed E-state index contributed by atoms with van der Waals surface area (Å²) in [7, 11) is 1.63. The van der Waals surface area contributed by atoms with Crippen LogP contribution in [-0.2, 0) is 18.4 Å². The second-order valence-electron chi connectivity index (χ2n) is 8.73. The number of hydrogen-bond acceptors (Lipinski definition) is 4. The van der Waals surface area contributed by atoms with Gasteiger partial charge in [-0.05, 0) is 24.6 Å². The predicted octanol–water partition coefficient (Wildman–Crippen LogP) is 5.48. The summed E-state index contributed by atoms with van der Waals surface area (Å²) >= 11 is 12.9. The molecule has 0 atom stereocenters. The smallest absolute Gasteiger partial charge is 0.254 e. The third kappa shape index (κ3) is 5.15. The average Bonchev–Trinajstić information content (AvgIpc) is 3.08. The minimum Gasteiger partial charge on any atom is -0.349 e. The topological polar surface area (TPSA) is 88.1 Å². The number of imidazole rings is 1. The Hall–Kier alpha value is -3.24. The van der Waals surface area contributed by atoms with Gasteiger partial charge >= 0.3 is 0 Å². The Morgan fingerprint density at radius 3 is 2.58 bits per heavy atom. The second kappa shape index (κ2) is 9.67. The number of aryl methyl sites for hydroxylation is 1. The van der Waals surface area contributed by atoms with E-state index in [1.807, 2.05) is 0 Å². The molecule has 1 aromatic heterocycles. The molecular formula is C24H22Cl2F3N5O2. The lowest BCUT2D eigenvalue weighted by Crippen LogP contribution is -2.50. The number of anilines is 2. The standard InChI is InChI=1S/C24H22Cl2F3N5O2/c1-11(2)21(35)30-10-12-4-5-15(25)20(19(12)26)33-23-32-17-6-14(16(27)7-18(17)34(23)3)22(36)31-13-8-24(28,29)9-13/h4-7,13H,1,8-10H2,2-3H3,(H,30,35)(H,31,36)(H,32,33). The molecule has 0 radical (unpaired) electrons. The van der Waals surface area contributed by atoms with Crippen molar-refractivity contribution in [2.24, 2.45) is 7.05 Å². The molecule has 2 aromatic carbocycles. The fraction of sp³-hybridized carbons (Fsp3) is 0.292. The van der Waals surface area contributed by atoms with Crippen LogP contribution in [0, 0.1) is 5.82 Å². The molecule has 3 N–H and O–H groups in total. The highest BCUT2D eigenvalue weighted by atomic mass is 35.5. The van der Waals surface area contributed by atoms with Crippen molar-refractivity contribution in [1.82, 2.24) is 20.2 Å². The van der Waals surface area contributed by atoms with Crippen LogP contribution in [0.2, 0.25) is 10.0 Å². The van der Waals surface area contributed by atoms with Crippen LogP contribution < -0.4 is 16.0 Å². The molecule has 190 valence electrons. The van der Waals surface area contributed by atoms with Crippen LogP contribution in [0.15, 0.2) is 36.4 Å². The van der Waals surface area contributed by atoms with Gasteiger partial charge in [0.05, 0.1) is 32.3 Å². The van der Waals surface area contributed by atoms with E-state index in [9.17, 15) is 22.8 Å². The van der Waals surface area contributed by atoms with E-state index in [1.54, 1.807) is 30.7 Å². The van der Waals surface area contributed by atoms with Crippen molar-refractivity contribution in [3.63, 3.8) is 0 Å². The first-order valence-corrected chi connectivity index (χ1v) is 11.6. The fourth-order valence-corrected chi connectivity index (χ4v) is 4.34. The molecule has 0 spiro atoms. The molecule has 2 amide bonds. The molecule has 7 nitrogen and oxygen atoms in total. The Morgan fingerprint density at radius 1 is 1.25 bits per heavy atom. The summed E-state index contributed by atoms with van der Waals surface area (Å²) in [5, 5.41) is 8.68. The number of rotatable bonds is 7. The molecule has 36 heavy (non-hydrogen) atoms. The van der Waals surface area contributed by atoms with Crippen LogP contribution in [0.25, 0.3) is 11.0 Å². The van der Waals surface area contributed by atoms with E-state index < -0.39 is 36.5 Å². The van der Waals surface area contributed by atoms with E-state index in [0.29, 0.717) is 27.9 Å². The molecule has 3 aromatic rings. The first-order chi connectivity index (χ1) is 16.9. The van der Waals surface area contributed by atoms with Gasteiger partial charge in [-0.1, -0.05) is 35.8 Å². The van der Waals surface area contributed by atoms with Gasteiger partial charge in [-0.25, -0.2) is 18.2 Å². The van der Waals surface area contributed by atoms with Crippen molar-refractivity contribution in [1.29, 1.82) is 0 Å². The number of nitrogens with one attached hydrogen (secondary N) is 3. The summed E-state index contributed by atoms with van der Waals surface area (Å²) in [6, 6.07) is 4.97. The molecule has 0 saturated heterocycles. The molecule has 1 fully saturated rings. The Bertz CT molecular complexity index is 1400. The number of aromatic nitrogens is 2. The maximum absolute atomic E-state index is 14.7. The van der Waals surface area contributed by atoms with Crippen molar-refractivity contribution in [2.75, 3.05) is 5.32 Å². The van der Waals surface area contributed by atoms with E-state index in [0.717, 1.165) is 6.07 Å². The minimum atomic E-state index is -2.81. The third-order valence-electron chi connectivity index (χ3n) is 5.87. The quantitative estimate of drug-likeness (QED) is 0.347. The number of benzene rings is 2. The van der Waals surface area contributed by atoms with E-state index in [-0.39, 0.29) is 34.0 Å². The normalized spacial score (nSPS) is 14.9. The number of carbonyl (C=O) groups excluding carboxylic acids is 2. The zero-order chi connectivity index (χ0) is 26.4.